The molecule has 2 aromatic carbocycles. The largest absolute Gasteiger partial charge is 0.445 e. The zero-order chi connectivity index (χ0) is 36.9. The number of alkyl carbamates (subject to hydrolysis) is 1. The highest BCUT2D eigenvalue weighted by Crippen LogP contribution is 2.18. The molecule has 0 aromatic heterocycles. The van der Waals surface area contributed by atoms with Gasteiger partial charge in [-0.3, -0.25) is 24.3 Å². The molecule has 12 heteroatoms. The summed E-state index contributed by atoms with van der Waals surface area (Å²) in [4.78, 5) is 59.4. The zero-order valence-electron chi connectivity index (χ0n) is 30.3. The number of carbonyl (C=O) groups is 4. The minimum atomic E-state index is -1.14. The molecule has 0 spiro atoms. The number of carbonyl (C=O) groups excluding carboxylic acids is 4. The Morgan fingerprint density at radius 1 is 0.820 bits per heavy atom. The first-order valence-corrected chi connectivity index (χ1v) is 17.8. The number of nitrogens with zero attached hydrogens (tertiary/aromatic N) is 2. The summed E-state index contributed by atoms with van der Waals surface area (Å²) in [6.45, 7) is 7.90. The van der Waals surface area contributed by atoms with Crippen molar-refractivity contribution < 1.29 is 23.9 Å². The van der Waals surface area contributed by atoms with Crippen molar-refractivity contribution in [3.63, 3.8) is 0 Å². The first-order chi connectivity index (χ1) is 23.9. The van der Waals surface area contributed by atoms with Gasteiger partial charge in [0.2, 0.25) is 11.8 Å². The van der Waals surface area contributed by atoms with Crippen LogP contribution in [-0.2, 0) is 32.1 Å². The zero-order valence-corrected chi connectivity index (χ0v) is 30.3. The van der Waals surface area contributed by atoms with Crippen molar-refractivity contribution in [1.82, 2.24) is 15.5 Å². The Kier molecular flexibility index (Phi) is 19.2. The number of amides is 4. The van der Waals surface area contributed by atoms with Crippen molar-refractivity contribution in [2.24, 2.45) is 34.0 Å². The Bertz CT molecular complexity index is 1330. The average Bonchev–Trinajstić information content (AvgIpc) is 3.08. The summed E-state index contributed by atoms with van der Waals surface area (Å²) in [5.74, 6) is -1.59. The third-order valence-corrected chi connectivity index (χ3v) is 8.34. The third-order valence-electron chi connectivity index (χ3n) is 8.34. The van der Waals surface area contributed by atoms with E-state index < -0.39 is 36.0 Å². The minimum absolute atomic E-state index is 0.00281. The molecule has 4 amide bonds. The Morgan fingerprint density at radius 2 is 1.44 bits per heavy atom. The van der Waals surface area contributed by atoms with Crippen LogP contribution in [0, 0.1) is 11.8 Å². The number of imide groups is 1. The van der Waals surface area contributed by atoms with E-state index >= 15 is 0 Å². The molecule has 3 atom stereocenters. The van der Waals surface area contributed by atoms with Gasteiger partial charge in [-0.15, -0.1) is 0 Å². The summed E-state index contributed by atoms with van der Waals surface area (Å²) in [6.07, 6.45) is 5.08. The molecule has 0 saturated heterocycles. The molecule has 276 valence electrons. The summed E-state index contributed by atoms with van der Waals surface area (Å²) >= 11 is 0. The molecule has 0 unspecified atom stereocenters. The van der Waals surface area contributed by atoms with Crippen LogP contribution in [0.5, 0.6) is 0 Å². The maximum absolute atomic E-state index is 14.4. The van der Waals surface area contributed by atoms with Gasteiger partial charge in [0.1, 0.15) is 12.6 Å². The van der Waals surface area contributed by atoms with E-state index in [0.717, 1.165) is 42.6 Å². The van der Waals surface area contributed by atoms with Crippen molar-refractivity contribution >= 4 is 29.8 Å². The molecule has 0 aliphatic rings. The number of nitrogens with two attached hydrogens (primary N) is 3. The maximum atomic E-state index is 14.4. The number of guanidine groups is 1. The van der Waals surface area contributed by atoms with Gasteiger partial charge in [0, 0.05) is 19.5 Å². The summed E-state index contributed by atoms with van der Waals surface area (Å²) in [6, 6.07) is 16.6. The fourth-order valence-electron chi connectivity index (χ4n) is 5.60. The van der Waals surface area contributed by atoms with E-state index in [9.17, 15) is 19.2 Å². The molecule has 12 nitrogen and oxygen atoms in total. The minimum Gasteiger partial charge on any atom is -0.445 e. The van der Waals surface area contributed by atoms with Crippen LogP contribution in [0.4, 0.5) is 4.79 Å². The van der Waals surface area contributed by atoms with E-state index in [4.69, 9.17) is 21.9 Å². The molecule has 0 bridgehead atoms. The molecule has 0 fully saturated rings. The molecule has 50 heavy (non-hydrogen) atoms. The van der Waals surface area contributed by atoms with Crippen LogP contribution in [0.2, 0.25) is 0 Å². The van der Waals surface area contributed by atoms with E-state index in [1.165, 1.54) is 5.56 Å². The SMILES string of the molecule is CC(C)C[C@H](N)C(=O)N(C(=O)[C@H](CCCN=C(N)N)NC(=O)OCc1ccccc1)[C@H](CNC(=O)CCCCCCc1ccccc1)C(C)C. The lowest BCUT2D eigenvalue weighted by Gasteiger charge is -2.37. The Balaban J connectivity index is 2.16. The number of unbranched alkanes of at least 4 members (excludes halogenated alkanes) is 3. The second kappa shape index (κ2) is 23.0. The van der Waals surface area contributed by atoms with Crippen LogP contribution in [0.15, 0.2) is 65.7 Å². The van der Waals surface area contributed by atoms with Gasteiger partial charge in [-0.05, 0) is 61.5 Å². The predicted octanol–water partition coefficient (Wildman–Crippen LogP) is 4.40. The van der Waals surface area contributed by atoms with Crippen LogP contribution >= 0.6 is 0 Å². The van der Waals surface area contributed by atoms with Crippen LogP contribution in [-0.4, -0.2) is 65.9 Å². The average molecular weight is 694 g/mol. The molecule has 8 N–H and O–H groups in total. The van der Waals surface area contributed by atoms with Crippen molar-refractivity contribution in [1.29, 1.82) is 0 Å². The summed E-state index contributed by atoms with van der Waals surface area (Å²) in [7, 11) is 0. The van der Waals surface area contributed by atoms with Gasteiger partial charge in [-0.2, -0.15) is 0 Å². The first kappa shape index (κ1) is 41.7. The summed E-state index contributed by atoms with van der Waals surface area (Å²) in [5.41, 5.74) is 19.4. The molecule has 0 radical (unpaired) electrons. The number of hydrogen-bond donors (Lipinski definition) is 5. The number of nitrogens with one attached hydrogen (secondary N) is 2. The predicted molar refractivity (Wildman–Crippen MR) is 198 cm³/mol. The number of aryl methyl sites for hydroxylation is 1. The lowest BCUT2D eigenvalue weighted by atomic mass is 9.97. The number of hydrogen-bond acceptors (Lipinski definition) is 7. The van der Waals surface area contributed by atoms with Crippen molar-refractivity contribution in [3.05, 3.63) is 71.8 Å². The molecule has 0 heterocycles. The van der Waals surface area contributed by atoms with Gasteiger partial charge >= 0.3 is 6.09 Å². The van der Waals surface area contributed by atoms with E-state index in [-0.39, 0.29) is 49.8 Å². The van der Waals surface area contributed by atoms with Gasteiger partial charge in [-0.25, -0.2) is 4.79 Å². The quantitative estimate of drug-likeness (QED) is 0.0680. The number of rotatable bonds is 22. The first-order valence-electron chi connectivity index (χ1n) is 17.8. The van der Waals surface area contributed by atoms with Crippen molar-refractivity contribution in [2.75, 3.05) is 13.1 Å². The van der Waals surface area contributed by atoms with Gasteiger partial charge in [0.05, 0.1) is 12.1 Å². The number of ether oxygens (including phenoxy) is 1. The van der Waals surface area contributed by atoms with Crippen LogP contribution in [0.25, 0.3) is 0 Å². The Labute approximate surface area is 298 Å². The third kappa shape index (κ3) is 16.3. The topological polar surface area (TPSA) is 195 Å². The highest BCUT2D eigenvalue weighted by molar-refractivity contribution is 6.01. The maximum Gasteiger partial charge on any atom is 0.408 e. The van der Waals surface area contributed by atoms with Crippen molar-refractivity contribution in [3.8, 4) is 0 Å². The van der Waals surface area contributed by atoms with E-state index in [2.05, 4.69) is 27.8 Å². The molecule has 2 aromatic rings. The molecule has 0 saturated carbocycles. The standard InChI is InChI=1S/C38H59N7O5/c1-27(2)24-31(39)35(47)45(33(28(3)4)25-43-34(46)22-14-6-5-9-16-29-17-10-7-11-18-29)36(48)32(21-15-23-42-37(40)41)44-38(49)50-26-30-19-12-8-13-20-30/h7-8,10-13,17-20,27-28,31-33H,5-6,9,14-16,21-26,39H2,1-4H3,(H,43,46)(H,44,49)(H4,40,41,42)/t31-,32-,33+/m0/s1. The summed E-state index contributed by atoms with van der Waals surface area (Å²) < 4.78 is 5.41. The van der Waals surface area contributed by atoms with E-state index in [1.54, 1.807) is 0 Å². The molecule has 0 aliphatic carbocycles. The fraction of sp³-hybridized carbons (Fsp3) is 0.553. The normalized spacial score (nSPS) is 12.9. The van der Waals surface area contributed by atoms with Gasteiger partial charge in [0.15, 0.2) is 5.96 Å². The highest BCUT2D eigenvalue weighted by atomic mass is 16.5. The molecular formula is C38H59N7O5. The van der Waals surface area contributed by atoms with Gasteiger partial charge in [-0.1, -0.05) is 101 Å². The number of benzene rings is 2. The second-order valence-electron chi connectivity index (χ2n) is 13.5. The fourth-order valence-corrected chi connectivity index (χ4v) is 5.60. The Morgan fingerprint density at radius 3 is 2.04 bits per heavy atom. The van der Waals surface area contributed by atoms with Gasteiger partial charge < -0.3 is 32.6 Å². The highest BCUT2D eigenvalue weighted by Gasteiger charge is 2.39. The summed E-state index contributed by atoms with van der Waals surface area (Å²) in [5, 5.41) is 5.61. The smallest absolute Gasteiger partial charge is 0.408 e. The van der Waals surface area contributed by atoms with Crippen LogP contribution in [0.3, 0.4) is 0 Å². The Hall–Kier alpha value is -4.45. The van der Waals surface area contributed by atoms with Gasteiger partial charge in [0.25, 0.3) is 5.91 Å². The molecule has 0 aliphatic heterocycles. The van der Waals surface area contributed by atoms with E-state index in [1.807, 2.05) is 76.2 Å². The molecular weight excluding hydrogens is 634 g/mol. The lowest BCUT2D eigenvalue weighted by Crippen LogP contribution is -2.61. The van der Waals surface area contributed by atoms with Crippen LogP contribution < -0.4 is 27.8 Å². The lowest BCUT2D eigenvalue weighted by molar-refractivity contribution is -0.151. The second-order valence-corrected chi connectivity index (χ2v) is 13.5. The monoisotopic (exact) mass is 693 g/mol. The van der Waals surface area contributed by atoms with Crippen LogP contribution in [0.1, 0.15) is 90.2 Å². The van der Waals surface area contributed by atoms with E-state index in [0.29, 0.717) is 19.3 Å². The molecule has 2 rings (SSSR count). The van der Waals surface area contributed by atoms with Crippen molar-refractivity contribution in [2.45, 2.75) is 110 Å². The number of aliphatic imine (C=N–C) groups is 1.